The average molecular weight is 389 g/mol. The second kappa shape index (κ2) is 7.08. The van der Waals surface area contributed by atoms with Crippen molar-refractivity contribution >= 4 is 40.1 Å². The quantitative estimate of drug-likeness (QED) is 0.528. The number of nitro benzene ring substituents is 1. The van der Waals surface area contributed by atoms with Crippen LogP contribution in [0, 0.1) is 10.1 Å². The highest BCUT2D eigenvalue weighted by molar-refractivity contribution is 6.30. The number of carboxylic acids is 1. The Labute approximate surface area is 157 Å². The molecule has 0 unspecified atom stereocenters. The lowest BCUT2D eigenvalue weighted by Crippen LogP contribution is -2.11. The van der Waals surface area contributed by atoms with Gasteiger partial charge in [0.15, 0.2) is 0 Å². The second-order valence-corrected chi connectivity index (χ2v) is 6.14. The maximum Gasteiger partial charge on any atom is 0.307 e. The Morgan fingerprint density at radius 1 is 1.26 bits per heavy atom. The first-order valence-corrected chi connectivity index (χ1v) is 8.08. The number of nitrogens with zero attached hydrogens (tertiary/aromatic N) is 2. The second-order valence-electron chi connectivity index (χ2n) is 5.71. The summed E-state index contributed by atoms with van der Waals surface area (Å²) in [6.07, 6.45) is 0.962. The van der Waals surface area contributed by atoms with E-state index in [0.717, 1.165) is 0 Å². The summed E-state index contributed by atoms with van der Waals surface area (Å²) < 4.78 is 6.47. The number of hydrogen-bond acceptors (Lipinski definition) is 5. The van der Waals surface area contributed by atoms with Gasteiger partial charge in [-0.2, -0.15) is 0 Å². The third kappa shape index (κ3) is 3.47. The number of hydrogen-bond donors (Lipinski definition) is 1. The van der Waals surface area contributed by atoms with Crippen molar-refractivity contribution in [3.63, 3.8) is 0 Å². The SMILES string of the molecule is COc1cc([N+](=O)[O-])cc2c(CC(=O)O)cn(C(=O)c3ccc(Cl)cc3)c12. The van der Waals surface area contributed by atoms with E-state index in [0.29, 0.717) is 10.6 Å². The highest BCUT2D eigenvalue weighted by Crippen LogP contribution is 2.35. The minimum Gasteiger partial charge on any atom is -0.494 e. The molecule has 0 aliphatic carbocycles. The molecule has 1 aromatic heterocycles. The van der Waals surface area contributed by atoms with Crippen LogP contribution in [0.25, 0.3) is 10.9 Å². The Balaban J connectivity index is 2.28. The van der Waals surface area contributed by atoms with Crippen molar-refractivity contribution in [3.8, 4) is 5.75 Å². The maximum absolute atomic E-state index is 12.9. The Hall–Kier alpha value is -3.39. The van der Waals surface area contributed by atoms with E-state index < -0.39 is 23.2 Å². The van der Waals surface area contributed by atoms with E-state index in [1.54, 1.807) is 12.1 Å². The predicted molar refractivity (Wildman–Crippen MR) is 97.7 cm³/mol. The van der Waals surface area contributed by atoms with E-state index in [9.17, 15) is 19.7 Å². The van der Waals surface area contributed by atoms with E-state index in [1.807, 2.05) is 0 Å². The van der Waals surface area contributed by atoms with Crippen LogP contribution in [0.2, 0.25) is 5.02 Å². The number of fused-ring (bicyclic) bond motifs is 1. The van der Waals surface area contributed by atoms with Gasteiger partial charge < -0.3 is 9.84 Å². The predicted octanol–water partition coefficient (Wildman–Crippen LogP) is 3.53. The van der Waals surface area contributed by atoms with Gasteiger partial charge in [-0.1, -0.05) is 11.6 Å². The van der Waals surface area contributed by atoms with Crippen molar-refractivity contribution in [3.05, 3.63) is 68.9 Å². The molecular formula is C18H13ClN2O6. The molecule has 0 atom stereocenters. The van der Waals surface area contributed by atoms with E-state index in [2.05, 4.69) is 0 Å². The molecule has 27 heavy (non-hydrogen) atoms. The fourth-order valence-electron chi connectivity index (χ4n) is 2.83. The largest absolute Gasteiger partial charge is 0.494 e. The van der Waals surface area contributed by atoms with Gasteiger partial charge in [-0.25, -0.2) is 0 Å². The molecule has 0 saturated carbocycles. The normalized spacial score (nSPS) is 10.7. The minimum atomic E-state index is -1.13. The summed E-state index contributed by atoms with van der Waals surface area (Å²) in [4.78, 5) is 34.7. The first kappa shape index (κ1) is 18.4. The first-order valence-electron chi connectivity index (χ1n) is 7.70. The van der Waals surface area contributed by atoms with Crippen LogP contribution in [0.3, 0.4) is 0 Å². The van der Waals surface area contributed by atoms with Crippen LogP contribution < -0.4 is 4.74 Å². The van der Waals surface area contributed by atoms with Gasteiger partial charge in [0.05, 0.1) is 30.0 Å². The number of nitro groups is 1. The number of methoxy groups -OCH3 is 1. The zero-order valence-corrected chi connectivity index (χ0v) is 14.8. The maximum atomic E-state index is 12.9. The lowest BCUT2D eigenvalue weighted by Gasteiger charge is -2.08. The number of carbonyl (C=O) groups excluding carboxylic acids is 1. The van der Waals surface area contributed by atoms with Gasteiger partial charge in [0.1, 0.15) is 5.75 Å². The molecule has 9 heteroatoms. The van der Waals surface area contributed by atoms with Gasteiger partial charge in [-0.3, -0.25) is 24.3 Å². The van der Waals surface area contributed by atoms with Crippen molar-refractivity contribution in [2.45, 2.75) is 6.42 Å². The molecule has 1 heterocycles. The average Bonchev–Trinajstić information content (AvgIpc) is 2.99. The third-order valence-corrected chi connectivity index (χ3v) is 4.27. The monoisotopic (exact) mass is 388 g/mol. The van der Waals surface area contributed by atoms with Crippen molar-refractivity contribution < 1.29 is 24.4 Å². The number of aromatic nitrogens is 1. The van der Waals surface area contributed by atoms with Crippen LogP contribution in [0.1, 0.15) is 15.9 Å². The zero-order valence-electron chi connectivity index (χ0n) is 14.0. The number of rotatable bonds is 5. The fourth-order valence-corrected chi connectivity index (χ4v) is 2.96. The van der Waals surface area contributed by atoms with Gasteiger partial charge in [-0.15, -0.1) is 0 Å². The van der Waals surface area contributed by atoms with Crippen LogP contribution in [0.5, 0.6) is 5.75 Å². The number of carbonyl (C=O) groups is 2. The molecule has 138 valence electrons. The Morgan fingerprint density at radius 2 is 1.93 bits per heavy atom. The molecule has 8 nitrogen and oxygen atoms in total. The number of ether oxygens (including phenoxy) is 1. The van der Waals surface area contributed by atoms with Gasteiger partial charge in [0, 0.05) is 28.2 Å². The minimum absolute atomic E-state index is 0.0955. The topological polar surface area (TPSA) is 112 Å². The van der Waals surface area contributed by atoms with Gasteiger partial charge in [0.25, 0.3) is 11.6 Å². The summed E-state index contributed by atoms with van der Waals surface area (Å²) in [5.74, 6) is -1.47. The summed E-state index contributed by atoms with van der Waals surface area (Å²) in [6, 6.07) is 8.61. The summed E-state index contributed by atoms with van der Waals surface area (Å²) in [5.41, 5.74) is 0.586. The molecule has 0 spiro atoms. The van der Waals surface area contributed by atoms with Crippen LogP contribution in [0.15, 0.2) is 42.6 Å². The van der Waals surface area contributed by atoms with Gasteiger partial charge in [-0.05, 0) is 29.8 Å². The molecule has 0 bridgehead atoms. The van der Waals surface area contributed by atoms with E-state index >= 15 is 0 Å². The van der Waals surface area contributed by atoms with Crippen LogP contribution in [-0.2, 0) is 11.2 Å². The molecule has 2 aromatic carbocycles. The summed E-state index contributed by atoms with van der Waals surface area (Å²) in [6.45, 7) is 0. The van der Waals surface area contributed by atoms with E-state index in [-0.39, 0.29) is 27.9 Å². The molecule has 1 N–H and O–H groups in total. The number of aliphatic carboxylic acids is 1. The van der Waals surface area contributed by atoms with E-state index in [4.69, 9.17) is 21.4 Å². The number of carboxylic acid groups (broad SMARTS) is 1. The lowest BCUT2D eigenvalue weighted by atomic mass is 10.1. The number of halogens is 1. The molecule has 0 aliphatic rings. The van der Waals surface area contributed by atoms with Crippen LogP contribution in [-0.4, -0.2) is 33.6 Å². The first-order chi connectivity index (χ1) is 12.8. The number of non-ortho nitro benzene ring substituents is 1. The lowest BCUT2D eigenvalue weighted by molar-refractivity contribution is -0.384. The van der Waals surface area contributed by atoms with E-state index in [1.165, 1.54) is 42.1 Å². The Kier molecular flexibility index (Phi) is 4.83. The van der Waals surface area contributed by atoms with Crippen LogP contribution >= 0.6 is 11.6 Å². The molecule has 0 fully saturated rings. The van der Waals surface area contributed by atoms with Crippen molar-refractivity contribution in [1.29, 1.82) is 0 Å². The summed E-state index contributed by atoms with van der Waals surface area (Å²) in [7, 11) is 1.32. The van der Waals surface area contributed by atoms with Crippen molar-refractivity contribution in [2.24, 2.45) is 0 Å². The molecule has 3 rings (SSSR count). The molecule has 0 aliphatic heterocycles. The smallest absolute Gasteiger partial charge is 0.307 e. The standard InChI is InChI=1S/C18H13ClN2O6/c1-27-15-8-13(21(25)26)7-14-11(6-16(22)23)9-20(17(14)15)18(24)10-2-4-12(19)5-3-10/h2-5,7-9H,6H2,1H3,(H,22,23). The fraction of sp³-hybridized carbons (Fsp3) is 0.111. The Bertz CT molecular complexity index is 1070. The highest BCUT2D eigenvalue weighted by Gasteiger charge is 2.23. The molecule has 0 saturated heterocycles. The number of benzene rings is 2. The van der Waals surface area contributed by atoms with Crippen molar-refractivity contribution in [2.75, 3.05) is 7.11 Å². The Morgan fingerprint density at radius 3 is 2.48 bits per heavy atom. The third-order valence-electron chi connectivity index (χ3n) is 4.01. The van der Waals surface area contributed by atoms with Crippen LogP contribution in [0.4, 0.5) is 5.69 Å². The zero-order chi connectivity index (χ0) is 19.7. The molecule has 3 aromatic rings. The van der Waals surface area contributed by atoms with Gasteiger partial charge >= 0.3 is 5.97 Å². The molecule has 0 radical (unpaired) electrons. The molecular weight excluding hydrogens is 376 g/mol. The van der Waals surface area contributed by atoms with Crippen molar-refractivity contribution in [1.82, 2.24) is 4.57 Å². The highest BCUT2D eigenvalue weighted by atomic mass is 35.5. The molecule has 0 amide bonds. The summed E-state index contributed by atoms with van der Waals surface area (Å²) >= 11 is 5.85. The summed E-state index contributed by atoms with van der Waals surface area (Å²) in [5, 5.41) is 21.1. The van der Waals surface area contributed by atoms with Gasteiger partial charge in [0.2, 0.25) is 0 Å².